The Balaban J connectivity index is 1.55. The molecule has 0 aliphatic carbocycles. The van der Waals surface area contributed by atoms with E-state index in [0.29, 0.717) is 23.9 Å². The summed E-state index contributed by atoms with van der Waals surface area (Å²) in [4.78, 5) is 18.7. The molecule has 0 bridgehead atoms. The third kappa shape index (κ3) is 5.56. The van der Waals surface area contributed by atoms with E-state index in [1.165, 1.54) is 35.2 Å². The van der Waals surface area contributed by atoms with Crippen LogP contribution in [0.15, 0.2) is 53.4 Å². The van der Waals surface area contributed by atoms with Gasteiger partial charge in [-0.25, -0.2) is 9.37 Å². The smallest absolute Gasteiger partial charge is 0.226 e. The summed E-state index contributed by atoms with van der Waals surface area (Å²) < 4.78 is 18.4. The first-order chi connectivity index (χ1) is 13.5. The molecule has 0 atom stereocenters. The zero-order valence-corrected chi connectivity index (χ0v) is 17.3. The summed E-state index contributed by atoms with van der Waals surface area (Å²) in [6, 6.07) is 14.0. The molecule has 0 fully saturated rings. The summed E-state index contributed by atoms with van der Waals surface area (Å²) in [5, 5.41) is 3.47. The van der Waals surface area contributed by atoms with Gasteiger partial charge in [0.2, 0.25) is 5.91 Å². The highest BCUT2D eigenvalue weighted by atomic mass is 32.2. The zero-order chi connectivity index (χ0) is 19.9. The average Bonchev–Trinajstić information content (AvgIpc) is 3.04. The second-order valence-electron chi connectivity index (χ2n) is 5.98. The van der Waals surface area contributed by atoms with Crippen LogP contribution in [0.3, 0.4) is 0 Å². The highest BCUT2D eigenvalue weighted by Gasteiger charge is 2.12. The molecule has 1 amide bonds. The third-order valence-corrected chi connectivity index (χ3v) is 5.79. The van der Waals surface area contributed by atoms with Gasteiger partial charge in [0.05, 0.1) is 12.3 Å². The fourth-order valence-electron chi connectivity index (χ4n) is 2.57. The molecule has 0 aliphatic heterocycles. The van der Waals surface area contributed by atoms with Gasteiger partial charge in [0.15, 0.2) is 5.13 Å². The van der Waals surface area contributed by atoms with Gasteiger partial charge in [0.1, 0.15) is 11.6 Å². The maximum Gasteiger partial charge on any atom is 0.226 e. The molecule has 1 heterocycles. The summed E-state index contributed by atoms with van der Waals surface area (Å²) in [6.45, 7) is 4.57. The predicted octanol–water partition coefficient (Wildman–Crippen LogP) is 5.78. The first kappa shape index (κ1) is 20.4. The quantitative estimate of drug-likeness (QED) is 0.473. The van der Waals surface area contributed by atoms with Crippen LogP contribution >= 0.6 is 23.1 Å². The van der Waals surface area contributed by atoms with E-state index in [1.807, 2.05) is 38.1 Å². The summed E-state index contributed by atoms with van der Waals surface area (Å²) in [5.74, 6) is 1.10. The Labute approximate surface area is 172 Å². The van der Waals surface area contributed by atoms with Crippen LogP contribution in [0.5, 0.6) is 5.75 Å². The van der Waals surface area contributed by atoms with Crippen molar-refractivity contribution in [2.24, 2.45) is 0 Å². The molecule has 1 aromatic heterocycles. The van der Waals surface area contributed by atoms with Crippen molar-refractivity contribution in [2.75, 3.05) is 17.7 Å². The molecule has 4 nitrogen and oxygen atoms in total. The number of carbonyl (C=O) groups excluding carboxylic acids is 1. The molecule has 146 valence electrons. The fraction of sp³-hybridized carbons (Fsp3) is 0.238. The van der Waals surface area contributed by atoms with E-state index in [0.717, 1.165) is 26.8 Å². The minimum Gasteiger partial charge on any atom is -0.494 e. The van der Waals surface area contributed by atoms with Gasteiger partial charge in [-0.3, -0.25) is 4.79 Å². The number of nitrogens with zero attached hydrogens (tertiary/aromatic N) is 1. The first-order valence-electron chi connectivity index (χ1n) is 8.94. The van der Waals surface area contributed by atoms with E-state index in [-0.39, 0.29) is 11.7 Å². The number of aryl methyl sites for hydroxylation is 1. The summed E-state index contributed by atoms with van der Waals surface area (Å²) in [7, 11) is 0. The number of amides is 1. The van der Waals surface area contributed by atoms with Gasteiger partial charge in [-0.05, 0) is 62.4 Å². The van der Waals surface area contributed by atoms with Crippen molar-refractivity contribution >= 4 is 34.1 Å². The highest BCUT2D eigenvalue weighted by molar-refractivity contribution is 7.99. The molecule has 7 heteroatoms. The normalized spacial score (nSPS) is 10.7. The van der Waals surface area contributed by atoms with Gasteiger partial charge in [-0.2, -0.15) is 0 Å². The highest BCUT2D eigenvalue weighted by Crippen LogP contribution is 2.31. The lowest BCUT2D eigenvalue weighted by atomic mass is 10.1. The number of thioether (sulfide) groups is 1. The molecule has 0 spiro atoms. The Bertz CT molecular complexity index is 925. The summed E-state index contributed by atoms with van der Waals surface area (Å²) >= 11 is 2.98. The minimum absolute atomic E-state index is 0.0818. The third-order valence-electron chi connectivity index (χ3n) is 3.89. The van der Waals surface area contributed by atoms with Crippen LogP contribution in [0.25, 0.3) is 11.3 Å². The molecule has 0 unspecified atom stereocenters. The number of halogens is 1. The number of hydrogen-bond donors (Lipinski definition) is 1. The SMILES string of the molecule is CCOc1ccc(-c2nc(NC(=O)CCSc3ccc(F)cc3)sc2C)cc1. The Kier molecular flexibility index (Phi) is 7.06. The molecule has 2 aromatic carbocycles. The molecule has 0 saturated carbocycles. The summed E-state index contributed by atoms with van der Waals surface area (Å²) in [5.41, 5.74) is 1.86. The Morgan fingerprint density at radius 2 is 1.89 bits per heavy atom. The molecular weight excluding hydrogens is 395 g/mol. The van der Waals surface area contributed by atoms with Crippen molar-refractivity contribution in [3.05, 3.63) is 59.2 Å². The lowest BCUT2D eigenvalue weighted by Gasteiger charge is -2.04. The number of benzene rings is 2. The number of thiazole rings is 1. The Hall–Kier alpha value is -2.38. The van der Waals surface area contributed by atoms with E-state index in [4.69, 9.17) is 4.74 Å². The van der Waals surface area contributed by atoms with E-state index >= 15 is 0 Å². The maximum atomic E-state index is 12.9. The monoisotopic (exact) mass is 416 g/mol. The number of hydrogen-bond acceptors (Lipinski definition) is 5. The van der Waals surface area contributed by atoms with Gasteiger partial charge in [-0.15, -0.1) is 23.1 Å². The van der Waals surface area contributed by atoms with Crippen molar-refractivity contribution in [1.29, 1.82) is 0 Å². The van der Waals surface area contributed by atoms with Crippen LogP contribution in [0.1, 0.15) is 18.2 Å². The van der Waals surface area contributed by atoms with Crippen LogP contribution in [-0.2, 0) is 4.79 Å². The van der Waals surface area contributed by atoms with Crippen LogP contribution in [0.2, 0.25) is 0 Å². The first-order valence-corrected chi connectivity index (χ1v) is 10.7. The van der Waals surface area contributed by atoms with E-state index in [1.54, 1.807) is 12.1 Å². The van der Waals surface area contributed by atoms with Crippen molar-refractivity contribution in [2.45, 2.75) is 25.2 Å². The van der Waals surface area contributed by atoms with Crippen LogP contribution in [-0.4, -0.2) is 23.3 Å². The second-order valence-corrected chi connectivity index (χ2v) is 8.35. The van der Waals surface area contributed by atoms with Crippen LogP contribution < -0.4 is 10.1 Å². The van der Waals surface area contributed by atoms with Gasteiger partial charge in [0, 0.05) is 27.5 Å². The lowest BCUT2D eigenvalue weighted by molar-refractivity contribution is -0.115. The van der Waals surface area contributed by atoms with Crippen LogP contribution in [0, 0.1) is 12.7 Å². The molecule has 0 radical (unpaired) electrons. The fourth-order valence-corrected chi connectivity index (χ4v) is 4.27. The van der Waals surface area contributed by atoms with Gasteiger partial charge >= 0.3 is 0 Å². The van der Waals surface area contributed by atoms with Crippen molar-refractivity contribution < 1.29 is 13.9 Å². The summed E-state index contributed by atoms with van der Waals surface area (Å²) in [6.07, 6.45) is 0.360. The number of anilines is 1. The van der Waals surface area contributed by atoms with Crippen molar-refractivity contribution in [3.8, 4) is 17.0 Å². The zero-order valence-electron chi connectivity index (χ0n) is 15.7. The molecule has 3 rings (SSSR count). The topological polar surface area (TPSA) is 51.2 Å². The number of aromatic nitrogens is 1. The average molecular weight is 417 g/mol. The molecule has 1 N–H and O–H groups in total. The van der Waals surface area contributed by atoms with Crippen molar-refractivity contribution in [3.63, 3.8) is 0 Å². The van der Waals surface area contributed by atoms with Crippen molar-refractivity contribution in [1.82, 2.24) is 4.98 Å². The Morgan fingerprint density at radius 1 is 1.18 bits per heavy atom. The van der Waals surface area contributed by atoms with Crippen LogP contribution in [0.4, 0.5) is 9.52 Å². The molecule has 0 aliphatic rings. The Morgan fingerprint density at radius 3 is 2.57 bits per heavy atom. The number of carbonyl (C=O) groups is 1. The van der Waals surface area contributed by atoms with E-state index < -0.39 is 0 Å². The molecular formula is C21H21FN2O2S2. The van der Waals surface area contributed by atoms with E-state index in [2.05, 4.69) is 10.3 Å². The standard InChI is InChI=1S/C21H21FN2O2S2/c1-3-26-17-8-4-15(5-9-17)20-14(2)28-21(24-20)23-19(25)12-13-27-18-10-6-16(22)7-11-18/h4-11H,3,12-13H2,1-2H3,(H,23,24,25). The largest absolute Gasteiger partial charge is 0.494 e. The molecule has 28 heavy (non-hydrogen) atoms. The number of rotatable bonds is 8. The molecule has 0 saturated heterocycles. The maximum absolute atomic E-state index is 12.9. The minimum atomic E-state index is -0.260. The van der Waals surface area contributed by atoms with Gasteiger partial charge in [-0.1, -0.05) is 0 Å². The van der Waals surface area contributed by atoms with Gasteiger partial charge in [0.25, 0.3) is 0 Å². The predicted molar refractivity (Wildman–Crippen MR) is 114 cm³/mol. The van der Waals surface area contributed by atoms with Gasteiger partial charge < -0.3 is 10.1 Å². The van der Waals surface area contributed by atoms with E-state index in [9.17, 15) is 9.18 Å². The second kappa shape index (κ2) is 9.71. The number of nitrogens with one attached hydrogen (secondary N) is 1. The lowest BCUT2D eigenvalue weighted by Crippen LogP contribution is -2.11. The number of ether oxygens (including phenoxy) is 1. The molecule has 3 aromatic rings.